The van der Waals surface area contributed by atoms with Gasteiger partial charge in [0.15, 0.2) is 5.78 Å². The van der Waals surface area contributed by atoms with E-state index in [0.717, 1.165) is 26.9 Å². The summed E-state index contributed by atoms with van der Waals surface area (Å²) in [5, 5.41) is 0.0247. The summed E-state index contributed by atoms with van der Waals surface area (Å²) in [6, 6.07) is 16.0. The van der Waals surface area contributed by atoms with Gasteiger partial charge in [0.05, 0.1) is 5.25 Å². The fraction of sp³-hybridized carbons (Fsp3) is 0.133. The van der Waals surface area contributed by atoms with Crippen molar-refractivity contribution < 1.29 is 4.79 Å². The summed E-state index contributed by atoms with van der Waals surface area (Å²) in [5.41, 5.74) is 2.04. The van der Waals surface area contributed by atoms with Crippen LogP contribution < -0.4 is 0 Å². The van der Waals surface area contributed by atoms with E-state index >= 15 is 0 Å². The van der Waals surface area contributed by atoms with E-state index in [2.05, 4.69) is 34.1 Å². The fourth-order valence-corrected chi connectivity index (χ4v) is 3.74. The average molecular weight is 319 g/mol. The van der Waals surface area contributed by atoms with Crippen molar-refractivity contribution in [3.8, 4) is 0 Å². The number of thioether (sulfide) groups is 1. The molecular weight excluding hydrogens is 308 g/mol. The van der Waals surface area contributed by atoms with E-state index in [1.807, 2.05) is 30.3 Å². The molecule has 1 atom stereocenters. The van der Waals surface area contributed by atoms with Gasteiger partial charge < -0.3 is 0 Å². The molecule has 0 amide bonds. The minimum atomic E-state index is 0.0247. The molecule has 0 aromatic heterocycles. The van der Waals surface area contributed by atoms with Crippen molar-refractivity contribution in [3.05, 3.63) is 64.1 Å². The standard InChI is InChI=1S/C15H11BrOS/c16-11-6-7-13-10(8-11)9-14(15(13)17)18-12-4-2-1-3-5-12/h1-8,14H,9H2. The summed E-state index contributed by atoms with van der Waals surface area (Å²) in [6.07, 6.45) is 0.827. The Morgan fingerprint density at radius 3 is 2.67 bits per heavy atom. The molecule has 0 radical (unpaired) electrons. The van der Waals surface area contributed by atoms with Gasteiger partial charge in [-0.15, -0.1) is 11.8 Å². The first kappa shape index (κ1) is 12.0. The number of carbonyl (C=O) groups is 1. The van der Waals surface area contributed by atoms with Gasteiger partial charge in [-0.2, -0.15) is 0 Å². The lowest BCUT2D eigenvalue weighted by molar-refractivity contribution is 0.100. The van der Waals surface area contributed by atoms with Crippen molar-refractivity contribution in [1.29, 1.82) is 0 Å². The molecule has 2 aromatic carbocycles. The Kier molecular flexibility index (Phi) is 3.27. The second-order valence-electron chi connectivity index (χ2n) is 4.29. The molecule has 90 valence electrons. The van der Waals surface area contributed by atoms with Crippen LogP contribution in [0.5, 0.6) is 0 Å². The second kappa shape index (κ2) is 4.90. The van der Waals surface area contributed by atoms with Gasteiger partial charge in [-0.05, 0) is 42.3 Å². The predicted molar refractivity (Wildman–Crippen MR) is 78.3 cm³/mol. The van der Waals surface area contributed by atoms with Crippen LogP contribution in [-0.4, -0.2) is 11.0 Å². The number of hydrogen-bond donors (Lipinski definition) is 0. The molecule has 0 saturated carbocycles. The summed E-state index contributed by atoms with van der Waals surface area (Å²) >= 11 is 5.11. The minimum absolute atomic E-state index is 0.0247. The van der Waals surface area contributed by atoms with Crippen LogP contribution in [0.15, 0.2) is 57.9 Å². The highest BCUT2D eigenvalue weighted by Crippen LogP contribution is 2.35. The van der Waals surface area contributed by atoms with Crippen molar-refractivity contribution in [1.82, 2.24) is 0 Å². The first-order chi connectivity index (χ1) is 8.74. The number of halogens is 1. The van der Waals surface area contributed by atoms with Crippen LogP contribution in [-0.2, 0) is 6.42 Å². The predicted octanol–water partition coefficient (Wildman–Crippen LogP) is 4.35. The molecule has 0 saturated heterocycles. The SMILES string of the molecule is O=C1c2ccc(Br)cc2CC1Sc1ccccc1. The van der Waals surface area contributed by atoms with Crippen molar-refractivity contribution in [2.24, 2.45) is 0 Å². The molecule has 1 unspecified atom stereocenters. The molecule has 0 fully saturated rings. The molecule has 18 heavy (non-hydrogen) atoms. The molecular formula is C15H11BrOS. The van der Waals surface area contributed by atoms with Gasteiger partial charge in [-0.3, -0.25) is 4.79 Å². The van der Waals surface area contributed by atoms with Gasteiger partial charge in [0.1, 0.15) is 0 Å². The molecule has 2 aromatic rings. The first-order valence-electron chi connectivity index (χ1n) is 5.78. The highest BCUT2D eigenvalue weighted by Gasteiger charge is 2.31. The van der Waals surface area contributed by atoms with Crippen molar-refractivity contribution in [3.63, 3.8) is 0 Å². The summed E-state index contributed by atoms with van der Waals surface area (Å²) in [6.45, 7) is 0. The van der Waals surface area contributed by atoms with Crippen LogP contribution in [0.4, 0.5) is 0 Å². The quantitative estimate of drug-likeness (QED) is 0.819. The van der Waals surface area contributed by atoms with E-state index in [-0.39, 0.29) is 11.0 Å². The summed E-state index contributed by atoms with van der Waals surface area (Å²) in [7, 11) is 0. The third-order valence-electron chi connectivity index (χ3n) is 3.05. The third kappa shape index (κ3) is 2.25. The van der Waals surface area contributed by atoms with Crippen LogP contribution in [0, 0.1) is 0 Å². The van der Waals surface area contributed by atoms with Gasteiger partial charge >= 0.3 is 0 Å². The van der Waals surface area contributed by atoms with Crippen LogP contribution >= 0.6 is 27.7 Å². The molecule has 1 aliphatic rings. The molecule has 0 aliphatic heterocycles. The van der Waals surface area contributed by atoms with Crippen molar-refractivity contribution in [2.45, 2.75) is 16.6 Å². The molecule has 1 aliphatic carbocycles. The third-order valence-corrected chi connectivity index (χ3v) is 4.75. The maximum atomic E-state index is 12.3. The lowest BCUT2D eigenvalue weighted by Gasteiger charge is -2.06. The molecule has 3 rings (SSSR count). The lowest BCUT2D eigenvalue weighted by atomic mass is 10.1. The van der Waals surface area contributed by atoms with E-state index in [1.165, 1.54) is 0 Å². The van der Waals surface area contributed by atoms with E-state index in [1.54, 1.807) is 11.8 Å². The number of hydrogen-bond acceptors (Lipinski definition) is 2. The first-order valence-corrected chi connectivity index (χ1v) is 7.45. The van der Waals surface area contributed by atoms with Gasteiger partial charge in [-0.25, -0.2) is 0 Å². The Morgan fingerprint density at radius 2 is 1.89 bits per heavy atom. The summed E-state index contributed by atoms with van der Waals surface area (Å²) in [5.74, 6) is 0.256. The maximum absolute atomic E-state index is 12.3. The lowest BCUT2D eigenvalue weighted by Crippen LogP contribution is -2.10. The number of rotatable bonds is 2. The van der Waals surface area contributed by atoms with Crippen LogP contribution in [0.25, 0.3) is 0 Å². The molecule has 0 N–H and O–H groups in total. The Morgan fingerprint density at radius 1 is 1.11 bits per heavy atom. The van der Waals surface area contributed by atoms with Crippen LogP contribution in [0.2, 0.25) is 0 Å². The number of carbonyl (C=O) groups excluding carboxylic acids is 1. The highest BCUT2D eigenvalue weighted by atomic mass is 79.9. The Hall–Kier alpha value is -1.06. The molecule has 0 bridgehead atoms. The molecule has 3 heteroatoms. The molecule has 0 heterocycles. The number of ketones is 1. The Bertz CT molecular complexity index is 595. The van der Waals surface area contributed by atoms with Gasteiger partial charge in [0, 0.05) is 14.9 Å². The fourth-order valence-electron chi connectivity index (χ4n) is 2.20. The zero-order valence-corrected chi connectivity index (χ0v) is 12.0. The monoisotopic (exact) mass is 318 g/mol. The van der Waals surface area contributed by atoms with E-state index < -0.39 is 0 Å². The smallest absolute Gasteiger partial charge is 0.176 e. The van der Waals surface area contributed by atoms with Gasteiger partial charge in [0.2, 0.25) is 0 Å². The second-order valence-corrected chi connectivity index (χ2v) is 6.48. The largest absolute Gasteiger partial charge is 0.293 e. The van der Waals surface area contributed by atoms with E-state index in [9.17, 15) is 4.79 Å². The number of Topliss-reactive ketones (excluding diaryl/α,β-unsaturated/α-hetero) is 1. The molecule has 0 spiro atoms. The van der Waals surface area contributed by atoms with Gasteiger partial charge in [0.25, 0.3) is 0 Å². The van der Waals surface area contributed by atoms with Gasteiger partial charge in [-0.1, -0.05) is 34.1 Å². The minimum Gasteiger partial charge on any atom is -0.293 e. The average Bonchev–Trinajstić information content (AvgIpc) is 2.67. The van der Waals surface area contributed by atoms with Crippen LogP contribution in [0.1, 0.15) is 15.9 Å². The van der Waals surface area contributed by atoms with Crippen LogP contribution in [0.3, 0.4) is 0 Å². The Labute approximate surface area is 119 Å². The maximum Gasteiger partial charge on any atom is 0.176 e. The van der Waals surface area contributed by atoms with Crippen molar-refractivity contribution in [2.75, 3.05) is 0 Å². The van der Waals surface area contributed by atoms with E-state index in [0.29, 0.717) is 0 Å². The summed E-state index contributed by atoms with van der Waals surface area (Å²) in [4.78, 5) is 13.4. The zero-order valence-electron chi connectivity index (χ0n) is 9.60. The zero-order chi connectivity index (χ0) is 12.5. The number of fused-ring (bicyclic) bond motifs is 1. The summed E-state index contributed by atoms with van der Waals surface area (Å²) < 4.78 is 1.04. The number of benzene rings is 2. The topological polar surface area (TPSA) is 17.1 Å². The van der Waals surface area contributed by atoms with E-state index in [4.69, 9.17) is 0 Å². The molecule has 1 nitrogen and oxygen atoms in total. The van der Waals surface area contributed by atoms with Crippen molar-refractivity contribution >= 4 is 33.5 Å². The Balaban J connectivity index is 1.84. The highest BCUT2D eigenvalue weighted by molar-refractivity contribution is 9.10. The normalized spacial score (nSPS) is 17.8.